The average molecular weight is 521 g/mol. The number of rotatable bonds is 9. The van der Waals surface area contributed by atoms with Gasteiger partial charge < -0.3 is 19.5 Å². The second-order valence-corrected chi connectivity index (χ2v) is 8.56. The number of nitriles is 1. The number of carbonyl (C=O) groups is 1. The van der Waals surface area contributed by atoms with E-state index in [4.69, 9.17) is 14.2 Å². The molecule has 1 amide bonds. The van der Waals surface area contributed by atoms with E-state index in [0.717, 1.165) is 10.0 Å². The van der Waals surface area contributed by atoms with Crippen molar-refractivity contribution in [2.75, 3.05) is 12.4 Å². The monoisotopic (exact) mass is 520 g/mol. The van der Waals surface area contributed by atoms with E-state index in [2.05, 4.69) is 21.2 Å². The summed E-state index contributed by atoms with van der Waals surface area (Å²) in [7, 11) is 1.54. The summed E-state index contributed by atoms with van der Waals surface area (Å²) in [5, 5.41) is 12.3. The number of halogens is 1. The normalized spacial score (nSPS) is 11.0. The number of anilines is 1. The van der Waals surface area contributed by atoms with Crippen LogP contribution in [0.4, 0.5) is 5.69 Å². The van der Waals surface area contributed by atoms with E-state index in [1.54, 1.807) is 49.6 Å². The maximum Gasteiger partial charge on any atom is 0.266 e. The number of amides is 1. The Morgan fingerprint density at radius 1 is 1.06 bits per heavy atom. The lowest BCUT2D eigenvalue weighted by atomic mass is 10.1. The first-order valence-electron chi connectivity index (χ1n) is 10.6. The molecule has 0 radical (unpaired) electrons. The van der Waals surface area contributed by atoms with Crippen molar-refractivity contribution in [3.05, 3.63) is 87.9 Å². The summed E-state index contributed by atoms with van der Waals surface area (Å²) in [6.07, 6.45) is 1.50. The van der Waals surface area contributed by atoms with E-state index < -0.39 is 5.91 Å². The Balaban J connectivity index is 1.64. The molecule has 0 fully saturated rings. The molecule has 6 nitrogen and oxygen atoms in total. The molecule has 0 aliphatic carbocycles. The summed E-state index contributed by atoms with van der Waals surface area (Å²) in [6.45, 7) is 4.28. The van der Waals surface area contributed by atoms with Crippen molar-refractivity contribution >= 4 is 33.6 Å². The highest BCUT2D eigenvalue weighted by Crippen LogP contribution is 2.30. The molecule has 0 atom stereocenters. The van der Waals surface area contributed by atoms with Gasteiger partial charge in [0.1, 0.15) is 24.0 Å². The average Bonchev–Trinajstić information content (AvgIpc) is 2.83. The lowest BCUT2D eigenvalue weighted by Gasteiger charge is -2.14. The minimum atomic E-state index is -0.507. The van der Waals surface area contributed by atoms with Crippen LogP contribution in [0.1, 0.15) is 25.0 Å². The number of carbonyl (C=O) groups excluding carboxylic acids is 1. The third kappa shape index (κ3) is 7.12. The minimum absolute atomic E-state index is 0.00621. The van der Waals surface area contributed by atoms with Gasteiger partial charge in [-0.2, -0.15) is 5.26 Å². The van der Waals surface area contributed by atoms with Crippen LogP contribution in [0.3, 0.4) is 0 Å². The molecule has 0 heterocycles. The number of nitrogens with zero attached hydrogens (tertiary/aromatic N) is 1. The van der Waals surface area contributed by atoms with Gasteiger partial charge in [-0.15, -0.1) is 0 Å². The van der Waals surface area contributed by atoms with Gasteiger partial charge in [0, 0.05) is 10.2 Å². The molecule has 0 aliphatic heterocycles. The molecule has 3 rings (SSSR count). The van der Waals surface area contributed by atoms with Crippen molar-refractivity contribution in [1.82, 2.24) is 0 Å². The fourth-order valence-corrected chi connectivity index (χ4v) is 3.29. The Labute approximate surface area is 207 Å². The number of benzene rings is 3. The quantitative estimate of drug-likeness (QED) is 0.262. The van der Waals surface area contributed by atoms with Crippen LogP contribution in [0.15, 0.2) is 76.8 Å². The largest absolute Gasteiger partial charge is 0.493 e. The summed E-state index contributed by atoms with van der Waals surface area (Å²) >= 11 is 3.41. The van der Waals surface area contributed by atoms with Crippen LogP contribution in [-0.4, -0.2) is 19.1 Å². The molecule has 7 heteroatoms. The molecule has 174 valence electrons. The van der Waals surface area contributed by atoms with Gasteiger partial charge in [0.15, 0.2) is 11.5 Å². The SMILES string of the molecule is COc1cc(/C=C(\C#N)C(=O)Nc2ccc(OCc3ccc(Br)cc3)cc2)ccc1OC(C)C. The first-order valence-corrected chi connectivity index (χ1v) is 11.4. The van der Waals surface area contributed by atoms with Crippen LogP contribution in [0, 0.1) is 11.3 Å². The summed E-state index contributed by atoms with van der Waals surface area (Å²) in [5.41, 5.74) is 2.22. The molecule has 0 unspecified atom stereocenters. The smallest absolute Gasteiger partial charge is 0.266 e. The highest BCUT2D eigenvalue weighted by atomic mass is 79.9. The van der Waals surface area contributed by atoms with Gasteiger partial charge in [-0.1, -0.05) is 34.1 Å². The van der Waals surface area contributed by atoms with Gasteiger partial charge in [-0.3, -0.25) is 4.79 Å². The van der Waals surface area contributed by atoms with Gasteiger partial charge in [-0.05, 0) is 79.6 Å². The molecular weight excluding hydrogens is 496 g/mol. The molecule has 0 aromatic heterocycles. The summed E-state index contributed by atoms with van der Waals surface area (Å²) in [6, 6.07) is 22.1. The number of hydrogen-bond acceptors (Lipinski definition) is 5. The van der Waals surface area contributed by atoms with E-state index in [-0.39, 0.29) is 11.7 Å². The highest BCUT2D eigenvalue weighted by Gasteiger charge is 2.12. The van der Waals surface area contributed by atoms with Crippen LogP contribution < -0.4 is 19.5 Å². The molecule has 34 heavy (non-hydrogen) atoms. The third-order valence-corrected chi connectivity index (χ3v) is 5.19. The Bertz CT molecular complexity index is 1200. The van der Waals surface area contributed by atoms with Crippen molar-refractivity contribution in [3.8, 4) is 23.3 Å². The first kappa shape index (κ1) is 24.9. The van der Waals surface area contributed by atoms with Crippen LogP contribution in [-0.2, 0) is 11.4 Å². The van der Waals surface area contributed by atoms with E-state index >= 15 is 0 Å². The maximum absolute atomic E-state index is 12.6. The maximum atomic E-state index is 12.6. The number of hydrogen-bond donors (Lipinski definition) is 1. The standard InChI is InChI=1S/C27H25BrN2O4/c1-18(2)34-25-13-6-20(15-26(25)32-3)14-21(16-29)27(31)30-23-9-11-24(12-10-23)33-17-19-4-7-22(28)8-5-19/h4-15,18H,17H2,1-3H3,(H,30,31)/b21-14+. The van der Waals surface area contributed by atoms with Crippen LogP contribution in [0.5, 0.6) is 17.2 Å². The van der Waals surface area contributed by atoms with Crippen LogP contribution in [0.2, 0.25) is 0 Å². The molecule has 3 aromatic rings. The molecule has 0 aliphatic rings. The fourth-order valence-electron chi connectivity index (χ4n) is 3.02. The van der Waals surface area contributed by atoms with Crippen molar-refractivity contribution in [2.24, 2.45) is 0 Å². The molecule has 0 bridgehead atoms. The first-order chi connectivity index (χ1) is 16.4. The van der Waals surface area contributed by atoms with Gasteiger partial charge in [0.05, 0.1) is 13.2 Å². The molecule has 1 N–H and O–H groups in total. The Morgan fingerprint density at radius 3 is 2.38 bits per heavy atom. The Morgan fingerprint density at radius 2 is 1.76 bits per heavy atom. The van der Waals surface area contributed by atoms with Gasteiger partial charge in [0.25, 0.3) is 5.91 Å². The summed E-state index contributed by atoms with van der Waals surface area (Å²) < 4.78 is 17.9. The van der Waals surface area contributed by atoms with Crippen molar-refractivity contribution in [1.29, 1.82) is 5.26 Å². The molecule has 3 aromatic carbocycles. The Hall–Kier alpha value is -3.76. The summed E-state index contributed by atoms with van der Waals surface area (Å²) in [4.78, 5) is 12.6. The van der Waals surface area contributed by atoms with Gasteiger partial charge >= 0.3 is 0 Å². The van der Waals surface area contributed by atoms with E-state index in [1.165, 1.54) is 6.08 Å². The van der Waals surface area contributed by atoms with E-state index in [9.17, 15) is 10.1 Å². The highest BCUT2D eigenvalue weighted by molar-refractivity contribution is 9.10. The minimum Gasteiger partial charge on any atom is -0.493 e. The van der Waals surface area contributed by atoms with Gasteiger partial charge in [-0.25, -0.2) is 0 Å². The summed E-state index contributed by atoms with van der Waals surface area (Å²) in [5.74, 6) is 1.29. The zero-order valence-corrected chi connectivity index (χ0v) is 20.8. The fraction of sp³-hybridized carbons (Fsp3) is 0.185. The number of nitrogens with one attached hydrogen (secondary N) is 1. The van der Waals surface area contributed by atoms with Crippen LogP contribution in [0.25, 0.3) is 6.08 Å². The molecule has 0 saturated heterocycles. The van der Waals surface area contributed by atoms with Crippen molar-refractivity contribution < 1.29 is 19.0 Å². The third-order valence-electron chi connectivity index (χ3n) is 4.66. The predicted octanol–water partition coefficient (Wildman–Crippen LogP) is 6.37. The number of ether oxygens (including phenoxy) is 3. The number of methoxy groups -OCH3 is 1. The van der Waals surface area contributed by atoms with Crippen molar-refractivity contribution in [2.45, 2.75) is 26.6 Å². The van der Waals surface area contributed by atoms with Crippen LogP contribution >= 0.6 is 15.9 Å². The molecular formula is C27H25BrN2O4. The topological polar surface area (TPSA) is 80.6 Å². The van der Waals surface area contributed by atoms with Gasteiger partial charge in [0.2, 0.25) is 0 Å². The second-order valence-electron chi connectivity index (χ2n) is 7.64. The molecule has 0 spiro atoms. The van der Waals surface area contributed by atoms with E-state index in [1.807, 2.05) is 44.2 Å². The Kier molecular flexibility index (Phi) is 8.72. The lowest BCUT2D eigenvalue weighted by Crippen LogP contribution is -2.13. The van der Waals surface area contributed by atoms with E-state index in [0.29, 0.717) is 35.1 Å². The lowest BCUT2D eigenvalue weighted by molar-refractivity contribution is -0.112. The zero-order chi connectivity index (χ0) is 24.5. The zero-order valence-electron chi connectivity index (χ0n) is 19.2. The second kappa shape index (κ2) is 11.9. The molecule has 0 saturated carbocycles. The van der Waals surface area contributed by atoms with Crippen molar-refractivity contribution in [3.63, 3.8) is 0 Å². The predicted molar refractivity (Wildman–Crippen MR) is 136 cm³/mol.